The molecule has 2 aromatic rings. The Kier molecular flexibility index (Phi) is 3.84. The smallest absolute Gasteiger partial charge is 0.254 e. The molecule has 1 aromatic carbocycles. The number of fused-ring (bicyclic) bond motifs is 1. The third kappa shape index (κ3) is 2.46. The van der Waals surface area contributed by atoms with E-state index >= 15 is 0 Å². The van der Waals surface area contributed by atoms with Crippen LogP contribution in [0.4, 0.5) is 0 Å². The number of hydrogen-bond donors (Lipinski definition) is 5. The third-order valence-corrected chi connectivity index (χ3v) is 3.12. The summed E-state index contributed by atoms with van der Waals surface area (Å²) in [6.07, 6.45) is 1.72. The van der Waals surface area contributed by atoms with Crippen molar-refractivity contribution in [2.45, 2.75) is 5.54 Å². The van der Waals surface area contributed by atoms with Gasteiger partial charge in [0.2, 0.25) is 0 Å². The fourth-order valence-corrected chi connectivity index (χ4v) is 1.85. The summed E-state index contributed by atoms with van der Waals surface area (Å²) in [6, 6.07) is 7.07. The van der Waals surface area contributed by atoms with E-state index in [-0.39, 0.29) is 0 Å². The van der Waals surface area contributed by atoms with Gasteiger partial charge in [-0.05, 0) is 12.1 Å². The normalized spacial score (nSPS) is 11.7. The molecule has 102 valence electrons. The Morgan fingerprint density at radius 2 is 1.84 bits per heavy atom. The summed E-state index contributed by atoms with van der Waals surface area (Å²) in [5, 5.41) is 31.0. The maximum absolute atomic E-state index is 12.2. The molecule has 1 heterocycles. The van der Waals surface area contributed by atoms with Crippen molar-refractivity contribution in [1.82, 2.24) is 10.3 Å². The molecule has 0 unspecified atom stereocenters. The van der Waals surface area contributed by atoms with Crippen LogP contribution in [-0.2, 0) is 0 Å². The van der Waals surface area contributed by atoms with Gasteiger partial charge in [0, 0.05) is 11.6 Å². The van der Waals surface area contributed by atoms with Crippen LogP contribution in [0.25, 0.3) is 10.9 Å². The van der Waals surface area contributed by atoms with E-state index < -0.39 is 31.3 Å². The molecule has 1 amide bonds. The Hall–Kier alpha value is -1.89. The summed E-state index contributed by atoms with van der Waals surface area (Å²) >= 11 is 0. The summed E-state index contributed by atoms with van der Waals surface area (Å²) in [6.45, 7) is -1.65. The zero-order valence-corrected chi connectivity index (χ0v) is 10.3. The molecule has 0 atom stereocenters. The first-order valence-corrected chi connectivity index (χ1v) is 5.87. The number of aliphatic hydroxyl groups excluding tert-OH is 3. The molecule has 0 saturated heterocycles. The molecule has 0 spiro atoms. The molecular weight excluding hydrogens is 248 g/mol. The number of nitrogens with one attached hydrogen (secondary N) is 2. The lowest BCUT2D eigenvalue weighted by Gasteiger charge is -2.28. The number of carbonyl (C=O) groups excluding carboxylic acids is 1. The van der Waals surface area contributed by atoms with E-state index in [1.807, 2.05) is 12.1 Å². The van der Waals surface area contributed by atoms with Crippen molar-refractivity contribution in [2.75, 3.05) is 19.8 Å². The van der Waals surface area contributed by atoms with Crippen molar-refractivity contribution >= 4 is 16.8 Å². The highest BCUT2D eigenvalue weighted by molar-refractivity contribution is 6.05. The number of carbonyl (C=O) groups is 1. The first-order valence-electron chi connectivity index (χ1n) is 5.87. The van der Waals surface area contributed by atoms with E-state index in [0.717, 1.165) is 5.39 Å². The fourth-order valence-electron chi connectivity index (χ4n) is 1.85. The highest BCUT2D eigenvalue weighted by atomic mass is 16.3. The Morgan fingerprint density at radius 3 is 2.47 bits per heavy atom. The van der Waals surface area contributed by atoms with Gasteiger partial charge in [-0.15, -0.1) is 0 Å². The molecule has 0 aliphatic heterocycles. The maximum atomic E-state index is 12.2. The number of aromatic amines is 1. The quantitative estimate of drug-likeness (QED) is 0.507. The van der Waals surface area contributed by atoms with E-state index in [0.29, 0.717) is 11.1 Å². The first-order chi connectivity index (χ1) is 9.15. The van der Waals surface area contributed by atoms with Gasteiger partial charge in [0.15, 0.2) is 0 Å². The number of para-hydroxylation sites is 1. The number of aromatic nitrogens is 1. The Balaban J connectivity index is 2.32. The second-order valence-corrected chi connectivity index (χ2v) is 4.46. The maximum Gasteiger partial charge on any atom is 0.254 e. The number of rotatable bonds is 5. The van der Waals surface area contributed by atoms with E-state index in [4.69, 9.17) is 0 Å². The second kappa shape index (κ2) is 5.40. The van der Waals surface area contributed by atoms with E-state index in [1.54, 1.807) is 18.3 Å². The van der Waals surface area contributed by atoms with Gasteiger partial charge < -0.3 is 25.6 Å². The van der Waals surface area contributed by atoms with Crippen LogP contribution >= 0.6 is 0 Å². The average molecular weight is 264 g/mol. The predicted octanol–water partition coefficient (Wildman–Crippen LogP) is -0.387. The van der Waals surface area contributed by atoms with Crippen molar-refractivity contribution in [3.05, 3.63) is 36.0 Å². The van der Waals surface area contributed by atoms with Crippen LogP contribution in [0.5, 0.6) is 0 Å². The van der Waals surface area contributed by atoms with Gasteiger partial charge in [0.25, 0.3) is 5.91 Å². The van der Waals surface area contributed by atoms with Gasteiger partial charge >= 0.3 is 0 Å². The molecule has 0 aliphatic rings. The van der Waals surface area contributed by atoms with Crippen LogP contribution in [-0.4, -0.2) is 51.6 Å². The van der Waals surface area contributed by atoms with E-state index in [9.17, 15) is 20.1 Å². The molecule has 0 bridgehead atoms. The summed E-state index contributed by atoms with van der Waals surface area (Å²) in [7, 11) is 0. The van der Waals surface area contributed by atoms with Crippen LogP contribution in [0.15, 0.2) is 30.5 Å². The monoisotopic (exact) mass is 264 g/mol. The molecule has 2 rings (SSSR count). The van der Waals surface area contributed by atoms with Gasteiger partial charge in [-0.1, -0.05) is 12.1 Å². The number of hydrogen-bond acceptors (Lipinski definition) is 4. The van der Waals surface area contributed by atoms with Crippen LogP contribution in [0.2, 0.25) is 0 Å². The highest BCUT2D eigenvalue weighted by Gasteiger charge is 2.30. The van der Waals surface area contributed by atoms with Crippen molar-refractivity contribution in [3.63, 3.8) is 0 Å². The Morgan fingerprint density at radius 1 is 1.16 bits per heavy atom. The molecule has 19 heavy (non-hydrogen) atoms. The predicted molar refractivity (Wildman–Crippen MR) is 69.8 cm³/mol. The SMILES string of the molecule is O=C(NC(CO)(CO)CO)c1cccc2cc[nH]c12. The lowest BCUT2D eigenvalue weighted by Crippen LogP contribution is -2.57. The lowest BCUT2D eigenvalue weighted by molar-refractivity contribution is 0.0376. The summed E-state index contributed by atoms with van der Waals surface area (Å²) in [4.78, 5) is 15.1. The highest BCUT2D eigenvalue weighted by Crippen LogP contribution is 2.17. The fraction of sp³-hybridized carbons (Fsp3) is 0.308. The minimum Gasteiger partial charge on any atom is -0.394 e. The zero-order chi connectivity index (χ0) is 13.9. The topological polar surface area (TPSA) is 106 Å². The van der Waals surface area contributed by atoms with Gasteiger partial charge in [-0.3, -0.25) is 4.79 Å². The molecule has 6 heteroatoms. The molecule has 0 aliphatic carbocycles. The lowest BCUT2D eigenvalue weighted by atomic mass is 10.0. The number of amides is 1. The van der Waals surface area contributed by atoms with Gasteiger partial charge in [0.1, 0.15) is 5.54 Å². The second-order valence-electron chi connectivity index (χ2n) is 4.46. The summed E-state index contributed by atoms with van der Waals surface area (Å²) in [5.74, 6) is -0.467. The van der Waals surface area contributed by atoms with Crippen molar-refractivity contribution < 1.29 is 20.1 Å². The third-order valence-electron chi connectivity index (χ3n) is 3.12. The van der Waals surface area contributed by atoms with Crippen LogP contribution in [0, 0.1) is 0 Å². The molecule has 6 nitrogen and oxygen atoms in total. The van der Waals surface area contributed by atoms with Crippen LogP contribution in [0.3, 0.4) is 0 Å². The minimum absolute atomic E-state index is 0.391. The first kappa shape index (κ1) is 13.5. The van der Waals surface area contributed by atoms with Gasteiger partial charge in [-0.2, -0.15) is 0 Å². The van der Waals surface area contributed by atoms with E-state index in [2.05, 4.69) is 10.3 Å². The average Bonchev–Trinajstić information content (AvgIpc) is 2.93. The molecule has 0 fully saturated rings. The van der Waals surface area contributed by atoms with Crippen molar-refractivity contribution in [3.8, 4) is 0 Å². The zero-order valence-electron chi connectivity index (χ0n) is 10.3. The van der Waals surface area contributed by atoms with Crippen LogP contribution < -0.4 is 5.32 Å². The molecular formula is C13H16N2O4. The minimum atomic E-state index is -1.42. The number of aliphatic hydroxyl groups is 3. The summed E-state index contributed by atoms with van der Waals surface area (Å²) in [5.41, 5.74) is -0.365. The van der Waals surface area contributed by atoms with Crippen molar-refractivity contribution in [2.24, 2.45) is 0 Å². The number of H-pyrrole nitrogens is 1. The largest absolute Gasteiger partial charge is 0.394 e. The number of benzene rings is 1. The standard InChI is InChI=1S/C13H16N2O4/c16-6-13(7-17,8-18)15-12(19)10-3-1-2-9-4-5-14-11(9)10/h1-5,14,16-18H,6-8H2,(H,15,19). The Bertz CT molecular complexity index is 567. The van der Waals surface area contributed by atoms with Crippen molar-refractivity contribution in [1.29, 1.82) is 0 Å². The van der Waals surface area contributed by atoms with Gasteiger partial charge in [-0.25, -0.2) is 0 Å². The molecule has 5 N–H and O–H groups in total. The van der Waals surface area contributed by atoms with Crippen LogP contribution in [0.1, 0.15) is 10.4 Å². The molecule has 1 aromatic heterocycles. The summed E-state index contributed by atoms with van der Waals surface area (Å²) < 4.78 is 0. The van der Waals surface area contributed by atoms with Gasteiger partial charge in [0.05, 0.1) is 30.9 Å². The molecule has 0 radical (unpaired) electrons. The Labute approximate surface area is 109 Å². The molecule has 0 saturated carbocycles. The van der Waals surface area contributed by atoms with E-state index in [1.165, 1.54) is 0 Å².